The quantitative estimate of drug-likeness (QED) is 0.0900. The van der Waals surface area contributed by atoms with Crippen molar-refractivity contribution >= 4 is 44.1 Å². The molecule has 0 radical (unpaired) electrons. The molecule has 18 heteroatoms. The van der Waals surface area contributed by atoms with Crippen molar-refractivity contribution in [1.82, 2.24) is 0 Å². The summed E-state index contributed by atoms with van der Waals surface area (Å²) >= 11 is 0. The lowest BCUT2D eigenvalue weighted by Crippen LogP contribution is -2.34. The second-order valence-electron chi connectivity index (χ2n) is 5.76. The molecule has 0 aliphatic heterocycles. The van der Waals surface area contributed by atoms with E-state index in [1.807, 2.05) is 0 Å². The molecule has 0 saturated carbocycles. The van der Waals surface area contributed by atoms with Crippen LogP contribution in [0.5, 0.6) is 0 Å². The maximum Gasteiger partial charge on any atom is 0.327 e. The number of carboxylic acid groups (broad SMARTS) is 2. The average molecular weight is 510 g/mol. The van der Waals surface area contributed by atoms with Crippen LogP contribution in [-0.4, -0.2) is 110 Å². The van der Waals surface area contributed by atoms with Gasteiger partial charge in [0.25, 0.3) is 20.2 Å². The molecule has 2 atom stereocenters. The van der Waals surface area contributed by atoms with Crippen molar-refractivity contribution in [3.63, 3.8) is 0 Å². The van der Waals surface area contributed by atoms with Gasteiger partial charge in [-0.1, -0.05) is 0 Å². The summed E-state index contributed by atoms with van der Waals surface area (Å²) in [6.45, 7) is -1.53. The highest BCUT2D eigenvalue weighted by atomic mass is 32.2. The van der Waals surface area contributed by atoms with Gasteiger partial charge in [0.1, 0.15) is 13.2 Å². The first kappa shape index (κ1) is 29.6. The normalized spacial score (nSPS) is 13.7. The summed E-state index contributed by atoms with van der Waals surface area (Å²) in [4.78, 5) is 44.1. The van der Waals surface area contributed by atoms with Gasteiger partial charge in [-0.2, -0.15) is 16.8 Å². The topological polar surface area (TPSA) is 254 Å². The van der Waals surface area contributed by atoms with E-state index in [0.29, 0.717) is 0 Å². The predicted molar refractivity (Wildman–Crippen MR) is 98.7 cm³/mol. The van der Waals surface area contributed by atoms with Gasteiger partial charge in [0.05, 0.1) is 39.3 Å². The SMILES string of the molecule is O=C(O)CC(C(=O)OCCOCCOCCOC(=O)C(CC(=O)O)S(=O)(=O)O)S(=O)(=O)O. The minimum Gasteiger partial charge on any atom is -0.481 e. The van der Waals surface area contributed by atoms with Gasteiger partial charge in [-0.3, -0.25) is 28.3 Å². The molecule has 0 fully saturated rings. The van der Waals surface area contributed by atoms with Crippen molar-refractivity contribution in [1.29, 1.82) is 0 Å². The zero-order chi connectivity index (χ0) is 24.9. The van der Waals surface area contributed by atoms with Crippen LogP contribution in [0, 0.1) is 0 Å². The highest BCUT2D eigenvalue weighted by Crippen LogP contribution is 2.08. The summed E-state index contributed by atoms with van der Waals surface area (Å²) in [7, 11) is -9.95. The largest absolute Gasteiger partial charge is 0.481 e. The van der Waals surface area contributed by atoms with Crippen molar-refractivity contribution in [2.45, 2.75) is 23.3 Å². The second kappa shape index (κ2) is 13.9. The van der Waals surface area contributed by atoms with Crippen LogP contribution in [0.3, 0.4) is 0 Å². The Bertz CT molecular complexity index is 789. The predicted octanol–water partition coefficient (Wildman–Crippen LogP) is -2.43. The lowest BCUT2D eigenvalue weighted by atomic mass is 10.3. The Morgan fingerprint density at radius 1 is 0.594 bits per heavy atom. The maximum absolute atomic E-state index is 11.5. The number of rotatable bonds is 17. The molecular weight excluding hydrogens is 488 g/mol. The smallest absolute Gasteiger partial charge is 0.327 e. The molecule has 186 valence electrons. The molecule has 0 saturated heterocycles. The highest BCUT2D eigenvalue weighted by molar-refractivity contribution is 7.87. The number of aliphatic carboxylic acids is 2. The Kier molecular flexibility index (Phi) is 12.9. The van der Waals surface area contributed by atoms with Crippen LogP contribution in [0.4, 0.5) is 0 Å². The number of hydrogen-bond acceptors (Lipinski definition) is 12. The molecule has 32 heavy (non-hydrogen) atoms. The molecule has 4 N–H and O–H groups in total. The van der Waals surface area contributed by atoms with Crippen LogP contribution < -0.4 is 0 Å². The zero-order valence-corrected chi connectivity index (χ0v) is 17.9. The van der Waals surface area contributed by atoms with Crippen molar-refractivity contribution < 1.29 is 74.3 Å². The summed E-state index contributed by atoms with van der Waals surface area (Å²) in [6.07, 6.45) is -2.36. The number of esters is 2. The molecule has 0 aromatic heterocycles. The van der Waals surface area contributed by atoms with E-state index in [0.717, 1.165) is 0 Å². The lowest BCUT2D eigenvalue weighted by molar-refractivity contribution is -0.149. The molecule has 0 bridgehead atoms. The van der Waals surface area contributed by atoms with E-state index in [1.54, 1.807) is 0 Å². The van der Waals surface area contributed by atoms with Gasteiger partial charge in [-0.25, -0.2) is 0 Å². The fraction of sp³-hybridized carbons (Fsp3) is 0.714. The number of ether oxygens (including phenoxy) is 4. The van der Waals surface area contributed by atoms with Crippen LogP contribution in [0.25, 0.3) is 0 Å². The summed E-state index contributed by atoms with van der Waals surface area (Å²) < 4.78 is 80.6. The van der Waals surface area contributed by atoms with Gasteiger partial charge < -0.3 is 29.2 Å². The highest BCUT2D eigenvalue weighted by Gasteiger charge is 2.35. The first-order chi connectivity index (χ1) is 14.7. The molecule has 2 unspecified atom stereocenters. The molecule has 0 spiro atoms. The van der Waals surface area contributed by atoms with Gasteiger partial charge in [0, 0.05) is 0 Å². The van der Waals surface area contributed by atoms with Crippen molar-refractivity contribution in [3.05, 3.63) is 0 Å². The fourth-order valence-electron chi connectivity index (χ4n) is 1.85. The van der Waals surface area contributed by atoms with E-state index in [2.05, 4.69) is 9.47 Å². The molecular formula is C14H22O16S2. The van der Waals surface area contributed by atoms with Gasteiger partial charge >= 0.3 is 23.9 Å². The van der Waals surface area contributed by atoms with E-state index >= 15 is 0 Å². The van der Waals surface area contributed by atoms with Crippen LogP contribution >= 0.6 is 0 Å². The van der Waals surface area contributed by atoms with Crippen molar-refractivity contribution in [2.24, 2.45) is 0 Å². The third kappa shape index (κ3) is 13.1. The van der Waals surface area contributed by atoms with E-state index in [1.165, 1.54) is 0 Å². The minimum absolute atomic E-state index is 0.0744. The molecule has 0 amide bonds. The van der Waals surface area contributed by atoms with Gasteiger partial charge in [-0.15, -0.1) is 0 Å². The van der Waals surface area contributed by atoms with Gasteiger partial charge in [0.2, 0.25) is 0 Å². The number of carboxylic acids is 2. The summed E-state index contributed by atoms with van der Waals surface area (Å²) in [5, 5.41) is 12.5. The first-order valence-electron chi connectivity index (χ1n) is 8.51. The Balaban J connectivity index is 4.03. The Morgan fingerprint density at radius 3 is 1.12 bits per heavy atom. The van der Waals surface area contributed by atoms with E-state index in [-0.39, 0.29) is 26.4 Å². The average Bonchev–Trinajstić information content (AvgIpc) is 2.63. The van der Waals surface area contributed by atoms with Crippen molar-refractivity contribution in [2.75, 3.05) is 39.6 Å². The van der Waals surface area contributed by atoms with Gasteiger partial charge in [0.15, 0.2) is 10.5 Å². The maximum atomic E-state index is 11.5. The molecule has 0 heterocycles. The lowest BCUT2D eigenvalue weighted by Gasteiger charge is -2.12. The number of carbonyl (C=O) groups is 4. The van der Waals surface area contributed by atoms with Crippen LogP contribution in [0.1, 0.15) is 12.8 Å². The molecule has 0 aromatic carbocycles. The summed E-state index contributed by atoms with van der Waals surface area (Å²) in [5.74, 6) is -6.22. The minimum atomic E-state index is -4.97. The van der Waals surface area contributed by atoms with Crippen LogP contribution in [0.2, 0.25) is 0 Å². The van der Waals surface area contributed by atoms with E-state index < -0.39 is 80.7 Å². The second-order valence-corrected chi connectivity index (χ2v) is 8.96. The molecule has 0 aromatic rings. The van der Waals surface area contributed by atoms with Crippen LogP contribution in [0.15, 0.2) is 0 Å². The molecule has 0 aliphatic rings. The summed E-state index contributed by atoms with van der Waals surface area (Å²) in [5.41, 5.74) is 0. The molecule has 0 rings (SSSR count). The Hall–Kier alpha value is -2.38. The van der Waals surface area contributed by atoms with Crippen molar-refractivity contribution in [3.8, 4) is 0 Å². The first-order valence-corrected chi connectivity index (χ1v) is 11.5. The number of hydrogen-bond donors (Lipinski definition) is 4. The molecule has 16 nitrogen and oxygen atoms in total. The monoisotopic (exact) mass is 510 g/mol. The van der Waals surface area contributed by atoms with Gasteiger partial charge in [-0.05, 0) is 0 Å². The number of carbonyl (C=O) groups excluding carboxylic acids is 2. The Morgan fingerprint density at radius 2 is 0.875 bits per heavy atom. The fourth-order valence-corrected chi connectivity index (χ4v) is 3.18. The third-order valence-electron chi connectivity index (χ3n) is 3.28. The third-order valence-corrected chi connectivity index (χ3v) is 5.44. The zero-order valence-electron chi connectivity index (χ0n) is 16.3. The standard InChI is InChI=1S/C14H22O16S2/c15-11(16)7-9(31(21,22)23)13(19)29-5-3-27-1-2-28-4-6-30-14(20)10(8-12(17)18)32(24,25)26/h9-10H,1-8H2,(H,15,16)(H,17,18)(H,21,22,23)(H,24,25,26). The van der Waals surface area contributed by atoms with Crippen LogP contribution in [-0.2, 0) is 58.4 Å². The Labute approximate surface area is 181 Å². The molecule has 0 aliphatic carbocycles. The van der Waals surface area contributed by atoms with E-state index in [9.17, 15) is 36.0 Å². The summed E-state index contributed by atoms with van der Waals surface area (Å²) in [6, 6.07) is 0. The van der Waals surface area contributed by atoms with E-state index in [4.69, 9.17) is 28.8 Å².